The lowest BCUT2D eigenvalue weighted by atomic mass is 9.97. The summed E-state index contributed by atoms with van der Waals surface area (Å²) in [5.41, 5.74) is 2.85. The van der Waals surface area contributed by atoms with E-state index in [1.165, 1.54) is 0 Å². The van der Waals surface area contributed by atoms with E-state index < -0.39 is 0 Å². The Morgan fingerprint density at radius 3 is 2.19 bits per heavy atom. The van der Waals surface area contributed by atoms with E-state index in [1.807, 2.05) is 19.0 Å². The maximum Gasteiger partial charge on any atom is 0.258 e. The molecule has 0 unspecified atom stereocenters. The van der Waals surface area contributed by atoms with Crippen LogP contribution in [0.25, 0.3) is 22.0 Å². The lowest BCUT2D eigenvalue weighted by molar-refractivity contribution is 0.104. The molecule has 0 radical (unpaired) electrons. The number of fused-ring (bicyclic) bond motifs is 6. The fraction of sp³-hybridized carbons (Fsp3) is 0.333. The van der Waals surface area contributed by atoms with Crippen molar-refractivity contribution in [3.05, 3.63) is 56.9 Å². The Labute approximate surface area is 184 Å². The number of benzene rings is 2. The molecular weight excluding hydrogens is 412 g/mol. The van der Waals surface area contributed by atoms with Gasteiger partial charge in [-0.25, -0.2) is 0 Å². The number of carbonyl (C=O) groups excluding carboxylic acids is 1. The summed E-state index contributed by atoms with van der Waals surface area (Å²) in [6.07, 6.45) is 0.723. The summed E-state index contributed by atoms with van der Waals surface area (Å²) in [7, 11) is 3.94. The van der Waals surface area contributed by atoms with Crippen molar-refractivity contribution >= 4 is 16.6 Å². The van der Waals surface area contributed by atoms with Gasteiger partial charge in [0, 0.05) is 28.4 Å². The fourth-order valence-corrected chi connectivity index (χ4v) is 4.61. The van der Waals surface area contributed by atoms with Crippen LogP contribution in [0.15, 0.2) is 29.1 Å². The van der Waals surface area contributed by atoms with Gasteiger partial charge in [-0.05, 0) is 62.5 Å². The van der Waals surface area contributed by atoms with Crippen molar-refractivity contribution in [2.24, 2.45) is 0 Å². The number of rotatable bonds is 6. The molecule has 2 heterocycles. The molecule has 32 heavy (non-hydrogen) atoms. The zero-order valence-corrected chi connectivity index (χ0v) is 18.0. The number of nitrogens with zero attached hydrogens (tertiary/aromatic N) is 2. The summed E-state index contributed by atoms with van der Waals surface area (Å²) in [6.45, 7) is 0.706. The van der Waals surface area contributed by atoms with E-state index >= 15 is 0 Å². The van der Waals surface area contributed by atoms with E-state index in [0.29, 0.717) is 62.3 Å². The van der Waals surface area contributed by atoms with Gasteiger partial charge in [-0.3, -0.25) is 9.59 Å². The summed E-state index contributed by atoms with van der Waals surface area (Å²) in [5, 5.41) is 20.4. The van der Waals surface area contributed by atoms with E-state index in [2.05, 4.69) is 0 Å². The maximum absolute atomic E-state index is 13.6. The number of ketones is 1. The van der Waals surface area contributed by atoms with Crippen molar-refractivity contribution in [2.45, 2.75) is 26.2 Å². The monoisotopic (exact) mass is 436 g/mol. The number of aliphatic hydroxyl groups is 2. The molecule has 0 amide bonds. The average molecular weight is 436 g/mol. The van der Waals surface area contributed by atoms with E-state index in [4.69, 9.17) is 9.47 Å². The maximum atomic E-state index is 13.6. The first-order valence-electron chi connectivity index (χ1n) is 10.5. The Balaban J connectivity index is 1.82. The van der Waals surface area contributed by atoms with Gasteiger partial charge >= 0.3 is 0 Å². The summed E-state index contributed by atoms with van der Waals surface area (Å²) < 4.78 is 12.6. The highest BCUT2D eigenvalue weighted by molar-refractivity contribution is 6.27. The second-order valence-corrected chi connectivity index (χ2v) is 8.40. The van der Waals surface area contributed by atoms with Crippen LogP contribution in [0.2, 0.25) is 0 Å². The summed E-state index contributed by atoms with van der Waals surface area (Å²) in [5.74, 6) is 0.859. The van der Waals surface area contributed by atoms with E-state index in [9.17, 15) is 19.8 Å². The highest BCUT2D eigenvalue weighted by atomic mass is 16.7. The number of hydrogen-bond donors (Lipinski definition) is 2. The van der Waals surface area contributed by atoms with Crippen molar-refractivity contribution in [1.29, 1.82) is 0 Å². The van der Waals surface area contributed by atoms with E-state index in [0.717, 1.165) is 13.0 Å². The zero-order valence-electron chi connectivity index (χ0n) is 18.0. The van der Waals surface area contributed by atoms with Crippen LogP contribution in [-0.2, 0) is 19.8 Å². The Morgan fingerprint density at radius 1 is 0.938 bits per heavy atom. The summed E-state index contributed by atoms with van der Waals surface area (Å²) in [6, 6.07) is 6.68. The highest BCUT2D eigenvalue weighted by Gasteiger charge is 2.35. The van der Waals surface area contributed by atoms with Gasteiger partial charge in [0.25, 0.3) is 5.56 Å². The molecule has 2 N–H and O–H groups in total. The molecule has 3 aromatic rings. The van der Waals surface area contributed by atoms with Crippen LogP contribution in [0.5, 0.6) is 11.5 Å². The van der Waals surface area contributed by atoms with Gasteiger partial charge in [0.15, 0.2) is 17.3 Å². The smallest absolute Gasteiger partial charge is 0.258 e. The number of carbonyl (C=O) groups is 1. The molecule has 8 heteroatoms. The van der Waals surface area contributed by atoms with Crippen LogP contribution >= 0.6 is 0 Å². The van der Waals surface area contributed by atoms with Crippen molar-refractivity contribution in [2.75, 3.05) is 27.4 Å². The first kappa shape index (κ1) is 20.7. The summed E-state index contributed by atoms with van der Waals surface area (Å²) >= 11 is 0. The molecule has 0 bridgehead atoms. The quantitative estimate of drug-likeness (QED) is 0.476. The normalized spacial score (nSPS) is 13.8. The topological polar surface area (TPSA) is 101 Å². The van der Waals surface area contributed by atoms with Gasteiger partial charge in [-0.15, -0.1) is 0 Å². The number of hydrogen-bond acceptors (Lipinski definition) is 7. The number of aliphatic hydroxyl groups excluding tert-OH is 2. The molecule has 166 valence electrons. The molecule has 2 aromatic carbocycles. The minimum atomic E-state index is -0.307. The van der Waals surface area contributed by atoms with Crippen LogP contribution in [0.4, 0.5) is 0 Å². The molecular formula is C24H24N2O6. The van der Waals surface area contributed by atoms with Gasteiger partial charge in [-0.1, -0.05) is 0 Å². The van der Waals surface area contributed by atoms with E-state index in [-0.39, 0.29) is 31.3 Å². The van der Waals surface area contributed by atoms with Crippen LogP contribution in [0.3, 0.4) is 0 Å². The van der Waals surface area contributed by atoms with Gasteiger partial charge < -0.3 is 29.2 Å². The van der Waals surface area contributed by atoms with Crippen LogP contribution < -0.4 is 15.0 Å². The molecule has 8 nitrogen and oxygen atoms in total. The molecule has 1 aromatic heterocycles. The molecule has 5 rings (SSSR count). The molecule has 0 saturated carbocycles. The number of ether oxygens (including phenoxy) is 2. The summed E-state index contributed by atoms with van der Waals surface area (Å²) in [4.78, 5) is 29.2. The third-order valence-electron chi connectivity index (χ3n) is 6.16. The predicted molar refractivity (Wildman–Crippen MR) is 118 cm³/mol. The molecule has 0 fully saturated rings. The van der Waals surface area contributed by atoms with Crippen LogP contribution in [-0.4, -0.2) is 52.9 Å². The number of aromatic nitrogens is 1. The molecule has 1 aliphatic carbocycles. The lowest BCUT2D eigenvalue weighted by Gasteiger charge is -2.18. The molecule has 0 spiro atoms. The van der Waals surface area contributed by atoms with Gasteiger partial charge in [0.1, 0.15) is 0 Å². The van der Waals surface area contributed by atoms with Gasteiger partial charge in [-0.2, -0.15) is 0 Å². The minimum absolute atomic E-state index is 0.0937. The third kappa shape index (κ3) is 3.02. The SMILES string of the molecule is CN(C)CCCn1c2c(c3cc(CO)c(CO)cc3c1=O)C(=O)c1cc3c(cc1-2)OCO3. The molecule has 2 aliphatic rings. The van der Waals surface area contributed by atoms with Crippen molar-refractivity contribution in [3.8, 4) is 22.8 Å². The largest absolute Gasteiger partial charge is 0.454 e. The Kier molecular flexibility index (Phi) is 5.00. The first-order chi connectivity index (χ1) is 15.4. The lowest BCUT2D eigenvalue weighted by Crippen LogP contribution is -2.25. The minimum Gasteiger partial charge on any atom is -0.454 e. The molecule has 0 saturated heterocycles. The fourth-order valence-electron chi connectivity index (χ4n) is 4.61. The van der Waals surface area contributed by atoms with Crippen molar-refractivity contribution in [3.63, 3.8) is 0 Å². The zero-order chi connectivity index (χ0) is 22.6. The second-order valence-electron chi connectivity index (χ2n) is 8.40. The van der Waals surface area contributed by atoms with E-state index in [1.54, 1.807) is 28.8 Å². The average Bonchev–Trinajstić information content (AvgIpc) is 3.35. The first-order valence-corrected chi connectivity index (χ1v) is 10.5. The van der Waals surface area contributed by atoms with Gasteiger partial charge in [0.2, 0.25) is 6.79 Å². The Morgan fingerprint density at radius 2 is 1.56 bits per heavy atom. The standard InChI is InChI=1S/C24H24N2O6/c1-25(2)4-3-5-26-22-16-8-19-20(32-12-31-19)9-17(16)23(29)21(22)15-6-13(10-27)14(11-28)7-18(15)24(26)30/h6-9,27-28H,3-5,10-12H2,1-2H3. The Bertz CT molecular complexity index is 1320. The van der Waals surface area contributed by atoms with Crippen molar-refractivity contribution in [1.82, 2.24) is 9.47 Å². The van der Waals surface area contributed by atoms with Crippen molar-refractivity contribution < 1.29 is 24.5 Å². The molecule has 0 atom stereocenters. The van der Waals surface area contributed by atoms with Crippen LogP contribution in [0.1, 0.15) is 33.5 Å². The van der Waals surface area contributed by atoms with Gasteiger partial charge in [0.05, 0.1) is 24.5 Å². The predicted octanol–water partition coefficient (Wildman–Crippen LogP) is 1.88. The Hall–Kier alpha value is -3.20. The van der Waals surface area contributed by atoms with Crippen LogP contribution in [0, 0.1) is 0 Å². The second kappa shape index (κ2) is 7.74. The molecule has 1 aliphatic heterocycles. The third-order valence-corrected chi connectivity index (χ3v) is 6.16. The number of pyridine rings is 1. The highest BCUT2D eigenvalue weighted by Crippen LogP contribution is 2.46.